The lowest BCUT2D eigenvalue weighted by Crippen LogP contribution is -2.46. The molecule has 30 heavy (non-hydrogen) atoms. The normalized spacial score (nSPS) is 16.6. The summed E-state index contributed by atoms with van der Waals surface area (Å²) < 4.78 is 5.70. The Kier molecular flexibility index (Phi) is 6.18. The topological polar surface area (TPSA) is 73.9 Å². The molecule has 0 spiro atoms. The molecular formula is C23H28N4O3. The van der Waals surface area contributed by atoms with Crippen LogP contribution in [0.2, 0.25) is 0 Å². The molecule has 0 bridgehead atoms. The van der Waals surface area contributed by atoms with Gasteiger partial charge in [0.25, 0.3) is 5.91 Å². The first-order valence-electron chi connectivity index (χ1n) is 10.5. The van der Waals surface area contributed by atoms with E-state index in [1.165, 1.54) is 0 Å². The standard InChI is InChI=1S/C23H28N4O3/c1-2-26-11-13-27(14-12-26)21-6-4-3-5-20(21)25-23(29)16-30-18-8-9-19-17(15-18)7-10-22(28)24-19/h3-6,8-9,15H,2,7,10-14,16H2,1H3,(H,24,28)(H,25,29). The van der Waals surface area contributed by atoms with Crippen LogP contribution in [0.25, 0.3) is 0 Å². The highest BCUT2D eigenvalue weighted by molar-refractivity contribution is 5.95. The first-order chi connectivity index (χ1) is 14.6. The van der Waals surface area contributed by atoms with Crippen LogP contribution in [-0.4, -0.2) is 56.0 Å². The highest BCUT2D eigenvalue weighted by atomic mass is 16.5. The second-order valence-corrected chi connectivity index (χ2v) is 7.64. The van der Waals surface area contributed by atoms with Crippen LogP contribution in [-0.2, 0) is 16.0 Å². The van der Waals surface area contributed by atoms with Crippen LogP contribution in [0, 0.1) is 0 Å². The number of nitrogens with one attached hydrogen (secondary N) is 2. The third-order valence-corrected chi connectivity index (χ3v) is 5.68. The summed E-state index contributed by atoms with van der Waals surface area (Å²) in [5.41, 5.74) is 3.71. The number of anilines is 3. The number of hydrogen-bond acceptors (Lipinski definition) is 5. The number of aryl methyl sites for hydroxylation is 1. The monoisotopic (exact) mass is 408 g/mol. The van der Waals surface area contributed by atoms with Crippen molar-refractivity contribution in [2.24, 2.45) is 0 Å². The van der Waals surface area contributed by atoms with Crippen LogP contribution < -0.4 is 20.3 Å². The average molecular weight is 409 g/mol. The second-order valence-electron chi connectivity index (χ2n) is 7.64. The van der Waals surface area contributed by atoms with Gasteiger partial charge in [-0.2, -0.15) is 0 Å². The summed E-state index contributed by atoms with van der Waals surface area (Å²) in [6.45, 7) is 7.14. The van der Waals surface area contributed by atoms with E-state index >= 15 is 0 Å². The predicted molar refractivity (Wildman–Crippen MR) is 118 cm³/mol. The molecule has 0 atom stereocenters. The maximum atomic E-state index is 12.5. The minimum atomic E-state index is -0.194. The number of fused-ring (bicyclic) bond motifs is 1. The van der Waals surface area contributed by atoms with Crippen LogP contribution in [0.15, 0.2) is 42.5 Å². The van der Waals surface area contributed by atoms with Gasteiger partial charge in [-0.15, -0.1) is 0 Å². The molecular weight excluding hydrogens is 380 g/mol. The molecule has 2 aromatic rings. The summed E-state index contributed by atoms with van der Waals surface area (Å²) in [5, 5.41) is 5.84. The zero-order chi connectivity index (χ0) is 20.9. The highest BCUT2D eigenvalue weighted by Gasteiger charge is 2.19. The van der Waals surface area contributed by atoms with Crippen molar-refractivity contribution < 1.29 is 14.3 Å². The lowest BCUT2D eigenvalue weighted by molar-refractivity contribution is -0.118. The van der Waals surface area contributed by atoms with Crippen LogP contribution in [0.1, 0.15) is 18.9 Å². The molecule has 0 aliphatic carbocycles. The van der Waals surface area contributed by atoms with E-state index in [2.05, 4.69) is 33.4 Å². The molecule has 0 aromatic heterocycles. The molecule has 1 saturated heterocycles. The number of carbonyl (C=O) groups excluding carboxylic acids is 2. The van der Waals surface area contributed by atoms with Gasteiger partial charge in [0.05, 0.1) is 11.4 Å². The van der Waals surface area contributed by atoms with Crippen molar-refractivity contribution in [1.29, 1.82) is 0 Å². The molecule has 1 fully saturated rings. The first-order valence-corrected chi connectivity index (χ1v) is 10.5. The van der Waals surface area contributed by atoms with Crippen LogP contribution in [0.4, 0.5) is 17.1 Å². The fourth-order valence-electron chi connectivity index (χ4n) is 3.94. The molecule has 2 aromatic carbocycles. The molecule has 7 heteroatoms. The molecule has 2 N–H and O–H groups in total. The largest absolute Gasteiger partial charge is 0.484 e. The van der Waals surface area contributed by atoms with Crippen molar-refractivity contribution in [3.8, 4) is 5.75 Å². The van der Waals surface area contributed by atoms with Crippen molar-refractivity contribution in [2.45, 2.75) is 19.8 Å². The summed E-state index contributed by atoms with van der Waals surface area (Å²) in [5.74, 6) is 0.468. The van der Waals surface area contributed by atoms with E-state index in [1.54, 1.807) is 6.07 Å². The number of rotatable bonds is 6. The van der Waals surface area contributed by atoms with E-state index < -0.39 is 0 Å². The van der Waals surface area contributed by atoms with E-state index in [0.29, 0.717) is 18.6 Å². The van der Waals surface area contributed by atoms with Gasteiger partial charge < -0.3 is 25.2 Å². The summed E-state index contributed by atoms with van der Waals surface area (Å²) in [4.78, 5) is 28.7. The molecule has 158 valence electrons. The van der Waals surface area contributed by atoms with Gasteiger partial charge in [-0.1, -0.05) is 19.1 Å². The molecule has 2 heterocycles. The minimum absolute atomic E-state index is 0.0327. The molecule has 0 saturated carbocycles. The van der Waals surface area contributed by atoms with Gasteiger partial charge in [-0.25, -0.2) is 0 Å². The Hall–Kier alpha value is -3.06. The zero-order valence-electron chi connectivity index (χ0n) is 17.3. The third-order valence-electron chi connectivity index (χ3n) is 5.68. The van der Waals surface area contributed by atoms with Gasteiger partial charge in [0, 0.05) is 38.3 Å². The number of likely N-dealkylation sites (N-methyl/N-ethyl adjacent to an activating group) is 1. The van der Waals surface area contributed by atoms with E-state index in [4.69, 9.17) is 4.74 Å². The Labute approximate surface area is 177 Å². The van der Waals surface area contributed by atoms with Gasteiger partial charge in [-0.05, 0) is 48.9 Å². The zero-order valence-corrected chi connectivity index (χ0v) is 17.3. The van der Waals surface area contributed by atoms with E-state index in [1.807, 2.05) is 30.3 Å². The maximum Gasteiger partial charge on any atom is 0.262 e. The molecule has 7 nitrogen and oxygen atoms in total. The maximum absolute atomic E-state index is 12.5. The fraction of sp³-hybridized carbons (Fsp3) is 0.391. The van der Waals surface area contributed by atoms with Crippen molar-refractivity contribution in [1.82, 2.24) is 4.90 Å². The highest BCUT2D eigenvalue weighted by Crippen LogP contribution is 2.28. The molecule has 2 aliphatic heterocycles. The number of amides is 2. The SMILES string of the molecule is CCN1CCN(c2ccccc2NC(=O)COc2ccc3c(c2)CCC(=O)N3)CC1. The lowest BCUT2D eigenvalue weighted by Gasteiger charge is -2.36. The first kappa shape index (κ1) is 20.2. The Morgan fingerprint density at radius 1 is 1.10 bits per heavy atom. The number of piperazine rings is 1. The van der Waals surface area contributed by atoms with E-state index in [9.17, 15) is 9.59 Å². The van der Waals surface area contributed by atoms with E-state index in [0.717, 1.165) is 55.3 Å². The van der Waals surface area contributed by atoms with Gasteiger partial charge in [0.2, 0.25) is 5.91 Å². The Morgan fingerprint density at radius 3 is 2.70 bits per heavy atom. The smallest absolute Gasteiger partial charge is 0.262 e. The number of hydrogen-bond donors (Lipinski definition) is 2. The summed E-state index contributed by atoms with van der Waals surface area (Å²) >= 11 is 0. The van der Waals surface area contributed by atoms with Crippen LogP contribution in [0.3, 0.4) is 0 Å². The fourth-order valence-corrected chi connectivity index (χ4v) is 3.94. The second kappa shape index (κ2) is 9.17. The van der Waals surface area contributed by atoms with Crippen LogP contribution in [0.5, 0.6) is 5.75 Å². The van der Waals surface area contributed by atoms with E-state index in [-0.39, 0.29) is 18.4 Å². The lowest BCUT2D eigenvalue weighted by atomic mass is 10.0. The number of nitrogens with zero attached hydrogens (tertiary/aromatic N) is 2. The van der Waals surface area contributed by atoms with Crippen LogP contribution >= 0.6 is 0 Å². The molecule has 4 rings (SSSR count). The van der Waals surface area contributed by atoms with Crippen molar-refractivity contribution in [2.75, 3.05) is 54.9 Å². The number of carbonyl (C=O) groups is 2. The van der Waals surface area contributed by atoms with Gasteiger partial charge in [0.15, 0.2) is 6.61 Å². The average Bonchev–Trinajstić information content (AvgIpc) is 2.78. The van der Waals surface area contributed by atoms with Crippen molar-refractivity contribution >= 4 is 28.9 Å². The Bertz CT molecular complexity index is 922. The predicted octanol–water partition coefficient (Wildman–Crippen LogP) is 2.73. The van der Waals surface area contributed by atoms with Gasteiger partial charge in [0.1, 0.15) is 5.75 Å². The molecule has 2 aliphatic rings. The number of ether oxygens (including phenoxy) is 1. The van der Waals surface area contributed by atoms with Gasteiger partial charge in [-0.3, -0.25) is 9.59 Å². The van der Waals surface area contributed by atoms with Crippen molar-refractivity contribution in [3.05, 3.63) is 48.0 Å². The summed E-state index contributed by atoms with van der Waals surface area (Å²) in [7, 11) is 0. The molecule has 0 unspecified atom stereocenters. The number of para-hydroxylation sites is 2. The molecule has 0 radical (unpaired) electrons. The van der Waals surface area contributed by atoms with Crippen molar-refractivity contribution in [3.63, 3.8) is 0 Å². The quantitative estimate of drug-likeness (QED) is 0.769. The summed E-state index contributed by atoms with van der Waals surface area (Å²) in [6, 6.07) is 13.4. The third kappa shape index (κ3) is 4.74. The van der Waals surface area contributed by atoms with Gasteiger partial charge >= 0.3 is 0 Å². The Morgan fingerprint density at radius 2 is 1.90 bits per heavy atom. The molecule has 2 amide bonds. The number of benzene rings is 2. The minimum Gasteiger partial charge on any atom is -0.484 e. The summed E-state index contributed by atoms with van der Waals surface area (Å²) in [6.07, 6.45) is 1.16. The Balaban J connectivity index is 1.35.